The summed E-state index contributed by atoms with van der Waals surface area (Å²) in [7, 11) is 0. The number of aryl methyl sites for hydroxylation is 1. The normalized spacial score (nSPS) is 28.6. The molecule has 1 aliphatic carbocycles. The maximum absolute atomic E-state index is 6.33. The molecule has 1 saturated carbocycles. The topological polar surface area (TPSA) is 26.0 Å². The predicted molar refractivity (Wildman–Crippen MR) is 78.5 cm³/mol. The quantitative estimate of drug-likeness (QED) is 0.857. The molecule has 1 aromatic rings. The molecule has 1 heteroatoms. The minimum atomic E-state index is 0.403. The lowest BCUT2D eigenvalue weighted by molar-refractivity contribution is 0.189. The van der Waals surface area contributed by atoms with Gasteiger partial charge in [-0.05, 0) is 55.9 Å². The molecule has 3 unspecified atom stereocenters. The van der Waals surface area contributed by atoms with Crippen molar-refractivity contribution in [3.63, 3.8) is 0 Å². The summed E-state index contributed by atoms with van der Waals surface area (Å²) in [6.07, 6.45) is 5.00. The minimum Gasteiger partial charge on any atom is -0.327 e. The summed E-state index contributed by atoms with van der Waals surface area (Å²) in [5.41, 5.74) is 9.14. The van der Waals surface area contributed by atoms with Crippen molar-refractivity contribution in [2.45, 2.75) is 52.5 Å². The van der Waals surface area contributed by atoms with Gasteiger partial charge in [0, 0.05) is 6.04 Å². The summed E-state index contributed by atoms with van der Waals surface area (Å²) >= 11 is 0. The molecule has 1 fully saturated rings. The molecule has 18 heavy (non-hydrogen) atoms. The van der Waals surface area contributed by atoms with E-state index in [0.717, 1.165) is 18.3 Å². The van der Waals surface area contributed by atoms with Crippen LogP contribution in [0.4, 0.5) is 0 Å². The van der Waals surface area contributed by atoms with Gasteiger partial charge in [0.15, 0.2) is 0 Å². The lowest BCUT2D eigenvalue weighted by atomic mass is 9.72. The third kappa shape index (κ3) is 3.35. The molecule has 0 heterocycles. The second-order valence-electron chi connectivity index (χ2n) is 6.43. The maximum Gasteiger partial charge on any atom is 0.00705 e. The van der Waals surface area contributed by atoms with E-state index in [1.54, 1.807) is 0 Å². The molecule has 0 aromatic heterocycles. The molecule has 1 aliphatic rings. The molecule has 100 valence electrons. The summed E-state index contributed by atoms with van der Waals surface area (Å²) in [6, 6.07) is 9.30. The van der Waals surface area contributed by atoms with E-state index >= 15 is 0 Å². The van der Waals surface area contributed by atoms with Crippen molar-refractivity contribution in [2.75, 3.05) is 0 Å². The zero-order valence-electron chi connectivity index (χ0n) is 12.0. The summed E-state index contributed by atoms with van der Waals surface area (Å²) in [5, 5.41) is 0. The summed E-state index contributed by atoms with van der Waals surface area (Å²) in [4.78, 5) is 0. The van der Waals surface area contributed by atoms with Crippen molar-refractivity contribution in [2.24, 2.45) is 23.5 Å². The number of hydrogen-bond donors (Lipinski definition) is 1. The van der Waals surface area contributed by atoms with Gasteiger partial charge >= 0.3 is 0 Å². The van der Waals surface area contributed by atoms with Gasteiger partial charge in [-0.15, -0.1) is 0 Å². The number of hydrogen-bond acceptors (Lipinski definition) is 1. The average Bonchev–Trinajstić information content (AvgIpc) is 2.31. The van der Waals surface area contributed by atoms with Crippen molar-refractivity contribution >= 4 is 0 Å². The fraction of sp³-hybridized carbons (Fsp3) is 0.647. The van der Waals surface area contributed by atoms with Gasteiger partial charge in [0.25, 0.3) is 0 Å². The fourth-order valence-corrected chi connectivity index (χ4v) is 3.31. The highest BCUT2D eigenvalue weighted by atomic mass is 14.7. The van der Waals surface area contributed by atoms with Gasteiger partial charge in [-0.3, -0.25) is 0 Å². The van der Waals surface area contributed by atoms with Gasteiger partial charge in [0.1, 0.15) is 0 Å². The summed E-state index contributed by atoms with van der Waals surface area (Å²) in [5.74, 6) is 2.35. The monoisotopic (exact) mass is 245 g/mol. The Labute approximate surface area is 112 Å². The van der Waals surface area contributed by atoms with Crippen LogP contribution >= 0.6 is 0 Å². The first kappa shape index (κ1) is 13.6. The van der Waals surface area contributed by atoms with E-state index in [2.05, 4.69) is 45.0 Å². The van der Waals surface area contributed by atoms with Gasteiger partial charge in [-0.2, -0.15) is 0 Å². The molecule has 0 amide bonds. The molecule has 1 aromatic carbocycles. The van der Waals surface area contributed by atoms with E-state index in [-0.39, 0.29) is 0 Å². The highest BCUT2D eigenvalue weighted by Gasteiger charge is 2.29. The van der Waals surface area contributed by atoms with E-state index in [4.69, 9.17) is 5.73 Å². The van der Waals surface area contributed by atoms with Crippen molar-refractivity contribution < 1.29 is 0 Å². The van der Waals surface area contributed by atoms with Crippen LogP contribution in [0, 0.1) is 24.7 Å². The van der Waals surface area contributed by atoms with Gasteiger partial charge < -0.3 is 5.73 Å². The molecule has 0 spiro atoms. The molecule has 2 rings (SSSR count). The molecule has 0 radical (unpaired) electrons. The maximum atomic E-state index is 6.33. The summed E-state index contributed by atoms with van der Waals surface area (Å²) in [6.45, 7) is 6.87. The Kier molecular flexibility index (Phi) is 4.45. The lowest BCUT2D eigenvalue weighted by Crippen LogP contribution is -2.38. The molecule has 0 bridgehead atoms. The van der Waals surface area contributed by atoms with Gasteiger partial charge in [0.2, 0.25) is 0 Å². The van der Waals surface area contributed by atoms with Crippen LogP contribution in [0.5, 0.6) is 0 Å². The molecular formula is C17H27N. The molecule has 0 aliphatic heterocycles. The Hall–Kier alpha value is -0.820. The zero-order valence-corrected chi connectivity index (χ0v) is 12.0. The second kappa shape index (κ2) is 5.88. The Balaban J connectivity index is 2.02. The van der Waals surface area contributed by atoms with Crippen molar-refractivity contribution in [1.82, 2.24) is 0 Å². The van der Waals surface area contributed by atoms with E-state index in [1.807, 2.05) is 0 Å². The Morgan fingerprint density at radius 1 is 1.28 bits per heavy atom. The van der Waals surface area contributed by atoms with Gasteiger partial charge in [-0.25, -0.2) is 0 Å². The third-order valence-electron chi connectivity index (χ3n) is 4.60. The fourth-order valence-electron chi connectivity index (χ4n) is 3.31. The minimum absolute atomic E-state index is 0.403. The molecule has 0 saturated heterocycles. The number of nitrogens with two attached hydrogens (primary N) is 1. The second-order valence-corrected chi connectivity index (χ2v) is 6.43. The molecule has 1 nitrogen and oxygen atoms in total. The zero-order chi connectivity index (χ0) is 13.1. The number of benzene rings is 1. The smallest absolute Gasteiger partial charge is 0.00705 e. The largest absolute Gasteiger partial charge is 0.327 e. The van der Waals surface area contributed by atoms with Crippen molar-refractivity contribution in [3.8, 4) is 0 Å². The van der Waals surface area contributed by atoms with Crippen LogP contribution in [-0.2, 0) is 6.42 Å². The Morgan fingerprint density at radius 2 is 2.06 bits per heavy atom. The van der Waals surface area contributed by atoms with Crippen molar-refractivity contribution in [1.29, 1.82) is 0 Å². The average molecular weight is 245 g/mol. The highest BCUT2D eigenvalue weighted by molar-refractivity contribution is 5.22. The molecule has 3 atom stereocenters. The predicted octanol–water partition coefficient (Wildman–Crippen LogP) is 3.94. The van der Waals surface area contributed by atoms with Crippen LogP contribution in [-0.4, -0.2) is 6.04 Å². The number of rotatable bonds is 3. The van der Waals surface area contributed by atoms with Crippen LogP contribution in [0.15, 0.2) is 24.3 Å². The SMILES string of the molecule is Cc1cccc(CC2CC(C(C)C)CCC2N)c1. The lowest BCUT2D eigenvalue weighted by Gasteiger charge is -2.36. The van der Waals surface area contributed by atoms with Crippen molar-refractivity contribution in [3.05, 3.63) is 35.4 Å². The van der Waals surface area contributed by atoms with Gasteiger partial charge in [0.05, 0.1) is 0 Å². The van der Waals surface area contributed by atoms with E-state index in [0.29, 0.717) is 12.0 Å². The van der Waals surface area contributed by atoms with Crippen LogP contribution in [0.3, 0.4) is 0 Å². The Morgan fingerprint density at radius 3 is 2.72 bits per heavy atom. The first-order valence-corrected chi connectivity index (χ1v) is 7.37. The van der Waals surface area contributed by atoms with E-state index in [9.17, 15) is 0 Å². The van der Waals surface area contributed by atoms with E-state index < -0.39 is 0 Å². The molecule has 2 N–H and O–H groups in total. The van der Waals surface area contributed by atoms with Crippen LogP contribution in [0.1, 0.15) is 44.2 Å². The van der Waals surface area contributed by atoms with Crippen LogP contribution in [0.2, 0.25) is 0 Å². The first-order valence-electron chi connectivity index (χ1n) is 7.37. The summed E-state index contributed by atoms with van der Waals surface area (Å²) < 4.78 is 0. The van der Waals surface area contributed by atoms with Crippen LogP contribution < -0.4 is 5.73 Å². The standard InChI is InChI=1S/C17H27N/c1-12(2)15-7-8-17(18)16(11-15)10-14-6-4-5-13(3)9-14/h4-6,9,12,15-17H,7-8,10-11,18H2,1-3H3. The van der Waals surface area contributed by atoms with Crippen LogP contribution in [0.25, 0.3) is 0 Å². The highest BCUT2D eigenvalue weighted by Crippen LogP contribution is 2.34. The molecular weight excluding hydrogens is 218 g/mol. The van der Waals surface area contributed by atoms with Gasteiger partial charge in [-0.1, -0.05) is 43.7 Å². The Bertz CT molecular complexity index is 383. The first-order chi connectivity index (χ1) is 8.56. The third-order valence-corrected chi connectivity index (χ3v) is 4.60. The van der Waals surface area contributed by atoms with E-state index in [1.165, 1.54) is 30.4 Å².